The van der Waals surface area contributed by atoms with Crippen molar-refractivity contribution in [3.05, 3.63) is 40.6 Å². The maximum absolute atomic E-state index is 8.96. The number of aryl methyl sites for hydroxylation is 1. The first kappa shape index (κ1) is 12.9. The third kappa shape index (κ3) is 3.00. The Morgan fingerprint density at radius 2 is 2.11 bits per heavy atom. The van der Waals surface area contributed by atoms with E-state index in [1.165, 1.54) is 0 Å². The highest BCUT2D eigenvalue weighted by Crippen LogP contribution is 2.26. The quantitative estimate of drug-likeness (QED) is 0.901. The lowest BCUT2D eigenvalue weighted by Gasteiger charge is -2.06. The molecular weight excluding hydrogens is 256 g/mol. The van der Waals surface area contributed by atoms with E-state index in [1.54, 1.807) is 18.2 Å². The minimum Gasteiger partial charge on any atom is -0.482 e. The van der Waals surface area contributed by atoms with Crippen LogP contribution in [0.15, 0.2) is 22.6 Å². The average molecular weight is 269 g/mol. The molecule has 2 aromatic rings. The summed E-state index contributed by atoms with van der Waals surface area (Å²) in [5.74, 6) is 1.51. The molecule has 0 aliphatic carbocycles. The van der Waals surface area contributed by atoms with Crippen molar-refractivity contribution in [3.8, 4) is 5.75 Å². The summed E-state index contributed by atoms with van der Waals surface area (Å²) in [4.78, 5) is 0. The fourth-order valence-electron chi connectivity index (χ4n) is 1.39. The molecule has 1 heterocycles. The Labute approximate surface area is 109 Å². The van der Waals surface area contributed by atoms with Crippen LogP contribution >= 0.6 is 11.6 Å². The minimum atomic E-state index is -0.0521. The summed E-state index contributed by atoms with van der Waals surface area (Å²) < 4.78 is 10.8. The second-order valence-electron chi connectivity index (χ2n) is 3.65. The minimum absolute atomic E-state index is 0.0521. The van der Waals surface area contributed by atoms with Gasteiger partial charge in [-0.05, 0) is 17.7 Å². The first-order chi connectivity index (χ1) is 8.72. The lowest BCUT2D eigenvalue weighted by molar-refractivity contribution is 0.258. The Kier molecular flexibility index (Phi) is 4.17. The molecule has 0 fully saturated rings. The van der Waals surface area contributed by atoms with Crippen molar-refractivity contribution in [1.82, 2.24) is 10.2 Å². The van der Waals surface area contributed by atoms with Crippen molar-refractivity contribution < 1.29 is 14.3 Å². The van der Waals surface area contributed by atoms with Crippen LogP contribution in [0.1, 0.15) is 24.3 Å². The molecule has 0 spiro atoms. The van der Waals surface area contributed by atoms with Crippen LogP contribution in [0.5, 0.6) is 5.75 Å². The number of hydrogen-bond acceptors (Lipinski definition) is 5. The molecule has 0 saturated carbocycles. The van der Waals surface area contributed by atoms with Gasteiger partial charge in [0.25, 0.3) is 5.89 Å². The van der Waals surface area contributed by atoms with E-state index in [0.29, 0.717) is 29.0 Å². The van der Waals surface area contributed by atoms with E-state index in [4.69, 9.17) is 25.9 Å². The van der Waals surface area contributed by atoms with Gasteiger partial charge in [0.15, 0.2) is 6.61 Å². The number of benzene rings is 1. The number of rotatable bonds is 5. The molecular formula is C12H13ClN2O3. The molecule has 0 atom stereocenters. The largest absolute Gasteiger partial charge is 0.482 e. The molecule has 6 heteroatoms. The predicted octanol–water partition coefficient (Wildman–Crippen LogP) is 2.36. The van der Waals surface area contributed by atoms with Gasteiger partial charge in [-0.2, -0.15) is 0 Å². The van der Waals surface area contributed by atoms with Crippen molar-refractivity contribution in [2.75, 3.05) is 0 Å². The van der Waals surface area contributed by atoms with Crippen LogP contribution < -0.4 is 4.74 Å². The molecule has 1 aromatic heterocycles. The topological polar surface area (TPSA) is 68.4 Å². The number of hydrogen-bond donors (Lipinski definition) is 1. The number of ether oxygens (including phenoxy) is 1. The van der Waals surface area contributed by atoms with Gasteiger partial charge in [-0.15, -0.1) is 10.2 Å². The van der Waals surface area contributed by atoms with E-state index < -0.39 is 0 Å². The standard InChI is InChI=1S/C12H13ClN2O3/c1-2-11-14-15-12(18-11)7-17-10-4-3-8(6-16)5-9(10)13/h3-5,16H,2,6-7H2,1H3. The SMILES string of the molecule is CCc1nnc(COc2ccc(CO)cc2Cl)o1. The summed E-state index contributed by atoms with van der Waals surface area (Å²) in [6, 6.07) is 5.10. The van der Waals surface area contributed by atoms with E-state index in [1.807, 2.05) is 6.92 Å². The van der Waals surface area contributed by atoms with Gasteiger partial charge in [0.1, 0.15) is 5.75 Å². The van der Waals surface area contributed by atoms with Crippen LogP contribution in [-0.4, -0.2) is 15.3 Å². The van der Waals surface area contributed by atoms with Gasteiger partial charge in [0, 0.05) is 6.42 Å². The summed E-state index contributed by atoms with van der Waals surface area (Å²) in [5.41, 5.74) is 0.735. The highest BCUT2D eigenvalue weighted by Gasteiger charge is 2.07. The van der Waals surface area contributed by atoms with Gasteiger partial charge < -0.3 is 14.3 Å². The molecule has 0 unspecified atom stereocenters. The highest BCUT2D eigenvalue weighted by atomic mass is 35.5. The van der Waals surface area contributed by atoms with Crippen LogP contribution in [0.2, 0.25) is 5.02 Å². The van der Waals surface area contributed by atoms with Crippen molar-refractivity contribution in [2.24, 2.45) is 0 Å². The number of aliphatic hydroxyl groups excluding tert-OH is 1. The summed E-state index contributed by atoms with van der Waals surface area (Å²) >= 11 is 6.00. The summed E-state index contributed by atoms with van der Waals surface area (Å²) in [6.45, 7) is 2.05. The number of nitrogens with zero attached hydrogens (tertiary/aromatic N) is 2. The predicted molar refractivity (Wildman–Crippen MR) is 65.4 cm³/mol. The first-order valence-electron chi connectivity index (χ1n) is 5.56. The van der Waals surface area contributed by atoms with Crippen molar-refractivity contribution in [3.63, 3.8) is 0 Å². The van der Waals surface area contributed by atoms with Crippen molar-refractivity contribution in [2.45, 2.75) is 26.6 Å². The molecule has 96 valence electrons. The molecule has 2 rings (SSSR count). The van der Waals surface area contributed by atoms with Crippen molar-refractivity contribution >= 4 is 11.6 Å². The smallest absolute Gasteiger partial charge is 0.253 e. The second kappa shape index (κ2) is 5.84. The third-order valence-corrected chi connectivity index (χ3v) is 2.64. The van der Waals surface area contributed by atoms with Crippen LogP contribution in [0.3, 0.4) is 0 Å². The summed E-state index contributed by atoms with van der Waals surface area (Å²) in [6.07, 6.45) is 0.693. The zero-order valence-corrected chi connectivity index (χ0v) is 10.6. The normalized spacial score (nSPS) is 10.6. The molecule has 5 nitrogen and oxygen atoms in total. The van der Waals surface area contributed by atoms with Crippen LogP contribution in [0, 0.1) is 0 Å². The summed E-state index contributed by atoms with van der Waals surface area (Å²) in [7, 11) is 0. The zero-order valence-electron chi connectivity index (χ0n) is 9.89. The maximum atomic E-state index is 8.96. The molecule has 0 aliphatic rings. The van der Waals surface area contributed by atoms with E-state index in [9.17, 15) is 0 Å². The highest BCUT2D eigenvalue weighted by molar-refractivity contribution is 6.32. The van der Waals surface area contributed by atoms with Crippen LogP contribution in [0.4, 0.5) is 0 Å². The van der Waals surface area contributed by atoms with Crippen LogP contribution in [-0.2, 0) is 19.6 Å². The second-order valence-corrected chi connectivity index (χ2v) is 4.06. The Balaban J connectivity index is 2.01. The number of aliphatic hydroxyl groups is 1. The molecule has 18 heavy (non-hydrogen) atoms. The van der Waals surface area contributed by atoms with Gasteiger partial charge in [-0.1, -0.05) is 24.6 Å². The first-order valence-corrected chi connectivity index (χ1v) is 5.94. The van der Waals surface area contributed by atoms with Crippen LogP contribution in [0.25, 0.3) is 0 Å². The van der Waals surface area contributed by atoms with E-state index in [-0.39, 0.29) is 13.2 Å². The maximum Gasteiger partial charge on any atom is 0.253 e. The summed E-state index contributed by atoms with van der Waals surface area (Å²) in [5, 5.41) is 17.1. The molecule has 1 N–H and O–H groups in total. The monoisotopic (exact) mass is 268 g/mol. The molecule has 0 radical (unpaired) electrons. The lowest BCUT2D eigenvalue weighted by atomic mass is 10.2. The van der Waals surface area contributed by atoms with E-state index in [0.717, 1.165) is 5.56 Å². The zero-order chi connectivity index (χ0) is 13.0. The molecule has 0 bridgehead atoms. The Morgan fingerprint density at radius 1 is 1.33 bits per heavy atom. The fourth-order valence-corrected chi connectivity index (χ4v) is 1.65. The lowest BCUT2D eigenvalue weighted by Crippen LogP contribution is -1.97. The molecule has 0 saturated heterocycles. The Morgan fingerprint density at radius 3 is 2.72 bits per heavy atom. The van der Waals surface area contributed by atoms with Gasteiger partial charge in [-0.25, -0.2) is 0 Å². The van der Waals surface area contributed by atoms with Gasteiger partial charge in [-0.3, -0.25) is 0 Å². The molecule has 1 aromatic carbocycles. The number of halogens is 1. The molecule has 0 amide bonds. The Bertz CT molecular complexity index is 528. The third-order valence-electron chi connectivity index (χ3n) is 2.34. The van der Waals surface area contributed by atoms with Gasteiger partial charge in [0.05, 0.1) is 11.6 Å². The fraction of sp³-hybridized carbons (Fsp3) is 0.333. The number of aromatic nitrogens is 2. The van der Waals surface area contributed by atoms with E-state index in [2.05, 4.69) is 10.2 Å². The van der Waals surface area contributed by atoms with Gasteiger partial charge in [0.2, 0.25) is 5.89 Å². The average Bonchev–Trinajstić information content (AvgIpc) is 2.85. The van der Waals surface area contributed by atoms with E-state index >= 15 is 0 Å². The van der Waals surface area contributed by atoms with Crippen molar-refractivity contribution in [1.29, 1.82) is 0 Å². The Hall–Kier alpha value is -1.59. The molecule has 0 aliphatic heterocycles. The van der Waals surface area contributed by atoms with Gasteiger partial charge >= 0.3 is 0 Å².